The highest BCUT2D eigenvalue weighted by atomic mass is 33.1. The first kappa shape index (κ1) is 12.7. The number of fused-ring (bicyclic) bond motifs is 1. The second-order valence-corrected chi connectivity index (χ2v) is 7.79. The first-order valence-corrected chi connectivity index (χ1v) is 8.87. The van der Waals surface area contributed by atoms with E-state index in [4.69, 9.17) is 0 Å². The summed E-state index contributed by atoms with van der Waals surface area (Å²) >= 11 is 1.78. The van der Waals surface area contributed by atoms with Gasteiger partial charge in [-0.25, -0.2) is 9.29 Å². The van der Waals surface area contributed by atoms with Gasteiger partial charge in [-0.05, 0) is 41.0 Å². The monoisotopic (exact) mass is 297 g/mol. The van der Waals surface area contributed by atoms with E-state index in [1.165, 1.54) is 4.70 Å². The highest BCUT2D eigenvalue weighted by Crippen LogP contribution is 2.38. The lowest BCUT2D eigenvalue weighted by Crippen LogP contribution is -2.40. The van der Waals surface area contributed by atoms with Crippen molar-refractivity contribution in [3.05, 3.63) is 24.3 Å². The van der Waals surface area contributed by atoms with Gasteiger partial charge in [-0.15, -0.1) is 11.3 Å². The fraction of sp³-hybridized carbons (Fsp3) is 0.417. The molecule has 1 saturated heterocycles. The van der Waals surface area contributed by atoms with E-state index in [1.807, 2.05) is 17.0 Å². The van der Waals surface area contributed by atoms with Crippen LogP contribution in [-0.4, -0.2) is 47.4 Å². The first-order valence-electron chi connectivity index (χ1n) is 5.95. The van der Waals surface area contributed by atoms with Gasteiger partial charge in [0.25, 0.3) is 0 Å². The topological polar surface area (TPSA) is 19.4 Å². The summed E-state index contributed by atoms with van der Waals surface area (Å²) in [6.45, 7) is 4.60. The van der Waals surface area contributed by atoms with Crippen molar-refractivity contribution in [3.63, 3.8) is 0 Å². The molecule has 1 aromatic carbocycles. The van der Waals surface area contributed by atoms with Crippen LogP contribution >= 0.6 is 33.1 Å². The van der Waals surface area contributed by atoms with Gasteiger partial charge in [0.2, 0.25) is 0 Å². The molecule has 0 spiro atoms. The average Bonchev–Trinajstić information content (AvgIpc) is 2.81. The van der Waals surface area contributed by atoms with Gasteiger partial charge < -0.3 is 4.90 Å². The highest BCUT2D eigenvalue weighted by Gasteiger charge is 2.15. The fourth-order valence-electron chi connectivity index (χ4n) is 1.83. The van der Waals surface area contributed by atoms with E-state index in [9.17, 15) is 0 Å². The van der Waals surface area contributed by atoms with E-state index in [1.54, 1.807) is 22.1 Å². The summed E-state index contributed by atoms with van der Waals surface area (Å²) in [6.07, 6.45) is 0. The molecule has 0 saturated carbocycles. The van der Waals surface area contributed by atoms with Gasteiger partial charge in [0.15, 0.2) is 4.34 Å². The first-order chi connectivity index (χ1) is 8.81. The van der Waals surface area contributed by atoms with Crippen LogP contribution in [0.15, 0.2) is 28.6 Å². The van der Waals surface area contributed by atoms with Gasteiger partial charge in [-0.2, -0.15) is 0 Å². The van der Waals surface area contributed by atoms with Crippen LogP contribution < -0.4 is 0 Å². The maximum absolute atomic E-state index is 4.64. The molecule has 0 bridgehead atoms. The number of benzene rings is 1. The zero-order chi connectivity index (χ0) is 12.4. The van der Waals surface area contributed by atoms with Crippen LogP contribution in [0.1, 0.15) is 0 Å². The predicted molar refractivity (Wildman–Crippen MR) is 82.1 cm³/mol. The number of piperazine rings is 1. The van der Waals surface area contributed by atoms with Crippen molar-refractivity contribution in [2.75, 3.05) is 33.2 Å². The number of likely N-dealkylation sites (N-methyl/N-ethyl adjacent to an activating group) is 1. The third-order valence-corrected chi connectivity index (χ3v) is 6.81. The van der Waals surface area contributed by atoms with Crippen molar-refractivity contribution in [2.24, 2.45) is 0 Å². The molecule has 0 amide bonds. The fourth-order valence-corrected chi connectivity index (χ4v) is 5.20. The Labute approximate surface area is 119 Å². The number of nitrogens with zero attached hydrogens (tertiary/aromatic N) is 3. The molecular formula is C12H15N3S3. The predicted octanol–water partition coefficient (Wildman–Crippen LogP) is 3.20. The molecule has 2 aromatic rings. The van der Waals surface area contributed by atoms with Crippen molar-refractivity contribution in [2.45, 2.75) is 4.34 Å². The van der Waals surface area contributed by atoms with Crippen LogP contribution in [0.4, 0.5) is 0 Å². The van der Waals surface area contributed by atoms with Crippen LogP contribution in [-0.2, 0) is 0 Å². The summed E-state index contributed by atoms with van der Waals surface area (Å²) in [4.78, 5) is 7.01. The summed E-state index contributed by atoms with van der Waals surface area (Å²) in [5.74, 6) is 0. The van der Waals surface area contributed by atoms with Gasteiger partial charge in [0.1, 0.15) is 0 Å². The van der Waals surface area contributed by atoms with Crippen molar-refractivity contribution in [1.82, 2.24) is 14.2 Å². The van der Waals surface area contributed by atoms with E-state index in [0.29, 0.717) is 0 Å². The minimum atomic E-state index is 1.11. The molecular weight excluding hydrogens is 282 g/mol. The Morgan fingerprint density at radius 3 is 2.72 bits per heavy atom. The normalized spacial score (nSPS) is 18.5. The van der Waals surface area contributed by atoms with Crippen LogP contribution in [0.25, 0.3) is 10.2 Å². The zero-order valence-electron chi connectivity index (χ0n) is 10.2. The third-order valence-electron chi connectivity index (χ3n) is 2.95. The van der Waals surface area contributed by atoms with E-state index in [0.717, 1.165) is 36.0 Å². The summed E-state index contributed by atoms with van der Waals surface area (Å²) in [5, 5.41) is 0. The Morgan fingerprint density at radius 2 is 1.94 bits per heavy atom. The van der Waals surface area contributed by atoms with Crippen molar-refractivity contribution < 1.29 is 0 Å². The maximum atomic E-state index is 4.64. The van der Waals surface area contributed by atoms with Crippen molar-refractivity contribution >= 4 is 43.3 Å². The molecule has 3 nitrogen and oxygen atoms in total. The molecule has 96 valence electrons. The molecule has 1 fully saturated rings. The zero-order valence-corrected chi connectivity index (χ0v) is 12.7. The minimum Gasteiger partial charge on any atom is -0.304 e. The number of rotatable bonds is 3. The van der Waals surface area contributed by atoms with Crippen LogP contribution in [0, 0.1) is 0 Å². The number of thiazole rings is 1. The Bertz CT molecular complexity index is 487. The lowest BCUT2D eigenvalue weighted by Gasteiger charge is -2.30. The van der Waals surface area contributed by atoms with E-state index in [-0.39, 0.29) is 0 Å². The van der Waals surface area contributed by atoms with Crippen LogP contribution in [0.3, 0.4) is 0 Å². The smallest absolute Gasteiger partial charge is 0.162 e. The van der Waals surface area contributed by atoms with Gasteiger partial charge >= 0.3 is 0 Å². The SMILES string of the molecule is CN1CCN(SSc2nc3ccccc3s2)CC1. The Morgan fingerprint density at radius 1 is 1.17 bits per heavy atom. The summed E-state index contributed by atoms with van der Waals surface area (Å²) < 4.78 is 4.86. The maximum Gasteiger partial charge on any atom is 0.162 e. The van der Waals surface area contributed by atoms with Gasteiger partial charge in [0, 0.05) is 26.2 Å². The molecule has 3 rings (SSSR count). The second kappa shape index (κ2) is 5.79. The molecule has 1 aromatic heterocycles. The Hall–Kier alpha value is -0.270. The largest absolute Gasteiger partial charge is 0.304 e. The lowest BCUT2D eigenvalue weighted by molar-refractivity contribution is 0.234. The third kappa shape index (κ3) is 3.00. The van der Waals surface area contributed by atoms with E-state index < -0.39 is 0 Å². The van der Waals surface area contributed by atoms with Crippen molar-refractivity contribution in [1.29, 1.82) is 0 Å². The number of aromatic nitrogens is 1. The molecule has 0 unspecified atom stereocenters. The molecule has 1 aliphatic rings. The lowest BCUT2D eigenvalue weighted by atomic mass is 10.3. The van der Waals surface area contributed by atoms with E-state index in [2.05, 4.69) is 39.4 Å². The summed E-state index contributed by atoms with van der Waals surface area (Å²) in [6, 6.07) is 8.33. The highest BCUT2D eigenvalue weighted by molar-refractivity contribution is 8.76. The molecule has 6 heteroatoms. The Kier molecular flexibility index (Phi) is 4.10. The second-order valence-electron chi connectivity index (χ2n) is 4.34. The van der Waals surface area contributed by atoms with Crippen LogP contribution in [0.5, 0.6) is 0 Å². The van der Waals surface area contributed by atoms with Gasteiger partial charge in [0.05, 0.1) is 10.2 Å². The van der Waals surface area contributed by atoms with Crippen molar-refractivity contribution in [3.8, 4) is 0 Å². The number of hydrogen-bond donors (Lipinski definition) is 0. The standard InChI is InChI=1S/C12H15N3S3/c1-14-6-8-15(9-7-14)18-17-12-13-10-4-2-3-5-11(10)16-12/h2-5H,6-9H2,1H3. The quantitative estimate of drug-likeness (QED) is 0.638. The molecule has 0 atom stereocenters. The number of hydrogen-bond acceptors (Lipinski definition) is 6. The molecule has 2 heterocycles. The van der Waals surface area contributed by atoms with Gasteiger partial charge in [-0.1, -0.05) is 12.1 Å². The molecule has 0 radical (unpaired) electrons. The minimum absolute atomic E-state index is 1.11. The molecule has 1 aliphatic heterocycles. The van der Waals surface area contributed by atoms with Crippen LogP contribution in [0.2, 0.25) is 0 Å². The summed E-state index contributed by atoms with van der Waals surface area (Å²) in [7, 11) is 5.81. The van der Waals surface area contributed by atoms with Gasteiger partial charge in [-0.3, -0.25) is 0 Å². The average molecular weight is 297 g/mol. The molecule has 0 N–H and O–H groups in total. The number of para-hydroxylation sites is 1. The summed E-state index contributed by atoms with van der Waals surface area (Å²) in [5.41, 5.74) is 1.11. The van der Waals surface area contributed by atoms with E-state index >= 15 is 0 Å². The Balaban J connectivity index is 1.59. The molecule has 18 heavy (non-hydrogen) atoms. The molecule has 0 aliphatic carbocycles.